The van der Waals surface area contributed by atoms with Crippen molar-refractivity contribution in [1.82, 2.24) is 0 Å². The van der Waals surface area contributed by atoms with Gasteiger partial charge in [0.2, 0.25) is 0 Å². The Morgan fingerprint density at radius 2 is 2.00 bits per heavy atom. The van der Waals surface area contributed by atoms with Gasteiger partial charge in [-0.15, -0.1) is 0 Å². The second-order valence-electron chi connectivity index (χ2n) is 4.89. The fraction of sp³-hybridized carbons (Fsp3) is 0.900. The fourth-order valence-corrected chi connectivity index (χ4v) is 1.57. The average Bonchev–Trinajstić information content (AvgIpc) is 1.79. The van der Waals surface area contributed by atoms with E-state index >= 15 is 0 Å². The standard InChI is InChI=1S/C10H19NO2/c1-10(2,3)13-9(12)6-7-4-8(11)5-7/h7-8H,4-6,11H2,1-3H3. The van der Waals surface area contributed by atoms with Crippen LogP contribution in [0, 0.1) is 5.92 Å². The van der Waals surface area contributed by atoms with Gasteiger partial charge in [-0.05, 0) is 39.5 Å². The second-order valence-corrected chi connectivity index (χ2v) is 4.89. The topological polar surface area (TPSA) is 52.3 Å². The molecule has 76 valence electrons. The summed E-state index contributed by atoms with van der Waals surface area (Å²) < 4.78 is 5.20. The number of carbonyl (C=O) groups excluding carboxylic acids is 1. The van der Waals surface area contributed by atoms with E-state index in [4.69, 9.17) is 10.5 Å². The third-order valence-electron chi connectivity index (χ3n) is 2.15. The molecule has 1 aliphatic carbocycles. The van der Waals surface area contributed by atoms with Crippen molar-refractivity contribution < 1.29 is 9.53 Å². The van der Waals surface area contributed by atoms with Gasteiger partial charge in [0, 0.05) is 12.5 Å². The first kappa shape index (κ1) is 10.5. The molecule has 2 N–H and O–H groups in total. The molecule has 0 aromatic heterocycles. The SMILES string of the molecule is CC(C)(C)OC(=O)CC1CC(N)C1. The number of esters is 1. The molecule has 0 atom stereocenters. The molecular weight excluding hydrogens is 166 g/mol. The Balaban J connectivity index is 2.19. The molecule has 0 spiro atoms. The summed E-state index contributed by atoms with van der Waals surface area (Å²) in [7, 11) is 0. The number of ether oxygens (including phenoxy) is 1. The Bertz CT molecular complexity index is 190. The van der Waals surface area contributed by atoms with Crippen LogP contribution in [0.5, 0.6) is 0 Å². The Kier molecular flexibility index (Phi) is 2.96. The van der Waals surface area contributed by atoms with E-state index in [0.29, 0.717) is 18.4 Å². The van der Waals surface area contributed by atoms with Gasteiger partial charge in [0.15, 0.2) is 0 Å². The van der Waals surface area contributed by atoms with Crippen LogP contribution < -0.4 is 5.73 Å². The molecule has 1 saturated carbocycles. The minimum atomic E-state index is -0.358. The Hall–Kier alpha value is -0.570. The zero-order chi connectivity index (χ0) is 10.1. The van der Waals surface area contributed by atoms with Crippen molar-refractivity contribution in [2.75, 3.05) is 0 Å². The largest absolute Gasteiger partial charge is 0.460 e. The molecule has 0 heterocycles. The van der Waals surface area contributed by atoms with E-state index in [9.17, 15) is 4.79 Å². The lowest BCUT2D eigenvalue weighted by molar-refractivity contribution is -0.156. The zero-order valence-electron chi connectivity index (χ0n) is 8.67. The van der Waals surface area contributed by atoms with Crippen LogP contribution in [0.3, 0.4) is 0 Å². The molecule has 0 radical (unpaired) electrons. The van der Waals surface area contributed by atoms with Crippen molar-refractivity contribution in [3.05, 3.63) is 0 Å². The third-order valence-corrected chi connectivity index (χ3v) is 2.15. The number of hydrogen-bond donors (Lipinski definition) is 1. The quantitative estimate of drug-likeness (QED) is 0.662. The van der Waals surface area contributed by atoms with Gasteiger partial charge in [0.25, 0.3) is 0 Å². The summed E-state index contributed by atoms with van der Waals surface area (Å²) in [5, 5.41) is 0. The molecule has 0 aliphatic heterocycles. The van der Waals surface area contributed by atoms with Crippen LogP contribution in [0.15, 0.2) is 0 Å². The molecular formula is C10H19NO2. The summed E-state index contributed by atoms with van der Waals surface area (Å²) in [5.74, 6) is 0.370. The van der Waals surface area contributed by atoms with E-state index in [2.05, 4.69) is 0 Å². The highest BCUT2D eigenvalue weighted by Crippen LogP contribution is 2.29. The normalized spacial score (nSPS) is 28.0. The molecule has 1 rings (SSSR count). The van der Waals surface area contributed by atoms with Gasteiger partial charge >= 0.3 is 5.97 Å². The van der Waals surface area contributed by atoms with E-state index in [1.807, 2.05) is 20.8 Å². The van der Waals surface area contributed by atoms with Crippen molar-refractivity contribution in [2.45, 2.75) is 51.7 Å². The highest BCUT2D eigenvalue weighted by molar-refractivity contribution is 5.70. The van der Waals surface area contributed by atoms with E-state index in [1.165, 1.54) is 0 Å². The molecule has 0 aromatic rings. The molecule has 3 nitrogen and oxygen atoms in total. The van der Waals surface area contributed by atoms with Gasteiger partial charge in [-0.3, -0.25) is 4.79 Å². The minimum Gasteiger partial charge on any atom is -0.460 e. The zero-order valence-corrected chi connectivity index (χ0v) is 8.67. The van der Waals surface area contributed by atoms with Crippen molar-refractivity contribution in [2.24, 2.45) is 11.7 Å². The first-order valence-electron chi connectivity index (χ1n) is 4.84. The van der Waals surface area contributed by atoms with Crippen LogP contribution in [-0.4, -0.2) is 17.6 Å². The van der Waals surface area contributed by atoms with Crippen molar-refractivity contribution in [3.63, 3.8) is 0 Å². The lowest BCUT2D eigenvalue weighted by Crippen LogP contribution is -2.38. The maximum atomic E-state index is 11.3. The Morgan fingerprint density at radius 3 is 2.38 bits per heavy atom. The molecule has 0 bridgehead atoms. The second kappa shape index (κ2) is 3.66. The molecule has 0 amide bonds. The van der Waals surface area contributed by atoms with Gasteiger partial charge in [0.1, 0.15) is 5.60 Å². The molecule has 13 heavy (non-hydrogen) atoms. The number of rotatable bonds is 2. The molecule has 1 fully saturated rings. The van der Waals surface area contributed by atoms with Gasteiger partial charge in [-0.25, -0.2) is 0 Å². The Labute approximate surface area is 79.6 Å². The summed E-state index contributed by atoms with van der Waals surface area (Å²) in [6, 6.07) is 0.312. The first-order valence-corrected chi connectivity index (χ1v) is 4.84. The van der Waals surface area contributed by atoms with Gasteiger partial charge in [0.05, 0.1) is 0 Å². The molecule has 1 aliphatic rings. The first-order chi connectivity index (χ1) is 5.87. The Morgan fingerprint density at radius 1 is 1.46 bits per heavy atom. The summed E-state index contributed by atoms with van der Waals surface area (Å²) >= 11 is 0. The van der Waals surface area contributed by atoms with Gasteiger partial charge in [-0.1, -0.05) is 0 Å². The van der Waals surface area contributed by atoms with Crippen LogP contribution in [0.1, 0.15) is 40.0 Å². The van der Waals surface area contributed by atoms with Gasteiger partial charge < -0.3 is 10.5 Å². The maximum Gasteiger partial charge on any atom is 0.306 e. The van der Waals surface area contributed by atoms with Crippen LogP contribution >= 0.6 is 0 Å². The summed E-state index contributed by atoms with van der Waals surface area (Å²) in [5.41, 5.74) is 5.26. The van der Waals surface area contributed by atoms with Gasteiger partial charge in [-0.2, -0.15) is 0 Å². The number of nitrogens with two attached hydrogens (primary N) is 1. The van der Waals surface area contributed by atoms with E-state index in [1.54, 1.807) is 0 Å². The summed E-state index contributed by atoms with van der Waals surface area (Å²) in [6.07, 6.45) is 2.48. The predicted molar refractivity (Wildman–Crippen MR) is 51.2 cm³/mol. The molecule has 0 saturated heterocycles. The summed E-state index contributed by atoms with van der Waals surface area (Å²) in [6.45, 7) is 5.66. The molecule has 3 heteroatoms. The predicted octanol–water partition coefficient (Wildman–Crippen LogP) is 1.46. The smallest absolute Gasteiger partial charge is 0.306 e. The van der Waals surface area contributed by atoms with Crippen molar-refractivity contribution >= 4 is 5.97 Å². The highest BCUT2D eigenvalue weighted by atomic mass is 16.6. The lowest BCUT2D eigenvalue weighted by Gasteiger charge is -2.32. The van der Waals surface area contributed by atoms with E-state index < -0.39 is 0 Å². The maximum absolute atomic E-state index is 11.3. The molecule has 0 aromatic carbocycles. The van der Waals surface area contributed by atoms with Crippen molar-refractivity contribution in [1.29, 1.82) is 0 Å². The lowest BCUT2D eigenvalue weighted by atomic mass is 9.79. The fourth-order valence-electron chi connectivity index (χ4n) is 1.57. The summed E-state index contributed by atoms with van der Waals surface area (Å²) in [4.78, 5) is 11.3. The van der Waals surface area contributed by atoms with E-state index in [0.717, 1.165) is 12.8 Å². The van der Waals surface area contributed by atoms with Crippen LogP contribution in [-0.2, 0) is 9.53 Å². The van der Waals surface area contributed by atoms with Crippen LogP contribution in [0.2, 0.25) is 0 Å². The van der Waals surface area contributed by atoms with Crippen LogP contribution in [0.25, 0.3) is 0 Å². The number of carbonyl (C=O) groups is 1. The van der Waals surface area contributed by atoms with Crippen molar-refractivity contribution in [3.8, 4) is 0 Å². The third kappa shape index (κ3) is 3.77. The monoisotopic (exact) mass is 185 g/mol. The highest BCUT2D eigenvalue weighted by Gasteiger charge is 2.29. The van der Waals surface area contributed by atoms with Crippen LogP contribution in [0.4, 0.5) is 0 Å². The van der Waals surface area contributed by atoms with E-state index in [-0.39, 0.29) is 11.6 Å². The average molecular weight is 185 g/mol. The minimum absolute atomic E-state index is 0.0931. The molecule has 0 unspecified atom stereocenters. The number of hydrogen-bond acceptors (Lipinski definition) is 3.